The first-order chi connectivity index (χ1) is 8.40. The minimum Gasteiger partial charge on any atom is -0.384 e. The van der Waals surface area contributed by atoms with Crippen molar-refractivity contribution < 1.29 is 0 Å². The summed E-state index contributed by atoms with van der Waals surface area (Å²) in [7, 11) is 0. The van der Waals surface area contributed by atoms with Gasteiger partial charge in [0, 0.05) is 6.07 Å². The van der Waals surface area contributed by atoms with Crippen LogP contribution in [0.4, 0.5) is 5.82 Å². The highest BCUT2D eigenvalue weighted by molar-refractivity contribution is 5.41. The van der Waals surface area contributed by atoms with E-state index < -0.39 is 0 Å². The van der Waals surface area contributed by atoms with Crippen LogP contribution in [0.5, 0.6) is 0 Å². The Morgan fingerprint density at radius 3 is 2.06 bits per heavy atom. The minimum atomic E-state index is 0.166. The maximum absolute atomic E-state index is 6.01. The lowest BCUT2D eigenvalue weighted by Gasteiger charge is -2.20. The van der Waals surface area contributed by atoms with Gasteiger partial charge in [0.15, 0.2) is 0 Å². The maximum Gasteiger partial charge on any atom is 0.122 e. The van der Waals surface area contributed by atoms with Crippen molar-refractivity contribution in [3.8, 4) is 0 Å². The Morgan fingerprint density at radius 1 is 1.06 bits per heavy atom. The average Bonchev–Trinajstić information content (AvgIpc) is 2.56. The number of rotatable bonds is 2. The van der Waals surface area contributed by atoms with E-state index in [1.807, 2.05) is 17.7 Å². The van der Waals surface area contributed by atoms with E-state index in [0.29, 0.717) is 0 Å². The Balaban J connectivity index is 2.52. The number of benzene rings is 1. The second kappa shape index (κ2) is 4.48. The Morgan fingerprint density at radius 2 is 1.61 bits per heavy atom. The fourth-order valence-corrected chi connectivity index (χ4v) is 2.82. The minimum absolute atomic E-state index is 0.166. The monoisotopic (exact) mass is 243 g/mol. The van der Waals surface area contributed by atoms with Gasteiger partial charge in [-0.1, -0.05) is 17.7 Å². The van der Waals surface area contributed by atoms with E-state index in [9.17, 15) is 0 Å². The SMILES string of the molecule is Cc1cc(C)c(C(C)n2nc(C)cc2N)c(C)c1. The summed E-state index contributed by atoms with van der Waals surface area (Å²) in [5, 5.41) is 4.48. The van der Waals surface area contributed by atoms with E-state index in [1.165, 1.54) is 22.3 Å². The van der Waals surface area contributed by atoms with Gasteiger partial charge in [-0.15, -0.1) is 0 Å². The molecular formula is C15H21N3. The Kier molecular flexibility index (Phi) is 3.16. The molecule has 0 saturated carbocycles. The zero-order valence-corrected chi connectivity index (χ0v) is 11.8. The number of nitrogens with zero attached hydrogens (tertiary/aromatic N) is 2. The van der Waals surface area contributed by atoms with Gasteiger partial charge < -0.3 is 5.73 Å². The summed E-state index contributed by atoms with van der Waals surface area (Å²) >= 11 is 0. The molecule has 3 heteroatoms. The second-order valence-corrected chi connectivity index (χ2v) is 5.14. The number of hydrogen-bond donors (Lipinski definition) is 1. The van der Waals surface area contributed by atoms with E-state index in [4.69, 9.17) is 5.73 Å². The second-order valence-electron chi connectivity index (χ2n) is 5.14. The van der Waals surface area contributed by atoms with Crippen LogP contribution in [-0.4, -0.2) is 9.78 Å². The molecule has 0 fully saturated rings. The molecule has 0 aliphatic rings. The lowest BCUT2D eigenvalue weighted by atomic mass is 9.95. The molecule has 0 bridgehead atoms. The number of aryl methyl sites for hydroxylation is 4. The molecule has 1 heterocycles. The van der Waals surface area contributed by atoms with Gasteiger partial charge in [0.25, 0.3) is 0 Å². The molecule has 96 valence electrons. The number of anilines is 1. The van der Waals surface area contributed by atoms with Crippen LogP contribution in [0.3, 0.4) is 0 Å². The molecule has 0 saturated heterocycles. The van der Waals surface area contributed by atoms with E-state index in [0.717, 1.165) is 11.5 Å². The fourth-order valence-electron chi connectivity index (χ4n) is 2.82. The predicted molar refractivity (Wildman–Crippen MR) is 75.8 cm³/mol. The standard InChI is InChI=1S/C15H21N3/c1-9-6-10(2)15(11(3)7-9)13(5)18-14(16)8-12(4)17-18/h6-8,13H,16H2,1-5H3. The van der Waals surface area contributed by atoms with Crippen molar-refractivity contribution in [2.45, 2.75) is 40.7 Å². The molecule has 0 aliphatic heterocycles. The lowest BCUT2D eigenvalue weighted by Crippen LogP contribution is -2.14. The molecule has 2 aromatic rings. The largest absolute Gasteiger partial charge is 0.384 e. The van der Waals surface area contributed by atoms with Crippen molar-refractivity contribution in [3.63, 3.8) is 0 Å². The van der Waals surface area contributed by atoms with Crippen LogP contribution in [0.15, 0.2) is 18.2 Å². The first-order valence-corrected chi connectivity index (χ1v) is 6.29. The van der Waals surface area contributed by atoms with Gasteiger partial charge in [-0.05, 0) is 51.3 Å². The Labute approximate surface area is 109 Å². The number of nitrogen functional groups attached to an aromatic ring is 1. The Bertz CT molecular complexity index is 558. The van der Waals surface area contributed by atoms with Gasteiger partial charge in [-0.2, -0.15) is 5.10 Å². The number of aromatic nitrogens is 2. The van der Waals surface area contributed by atoms with Crippen molar-refractivity contribution >= 4 is 5.82 Å². The summed E-state index contributed by atoms with van der Waals surface area (Å²) < 4.78 is 1.90. The first kappa shape index (κ1) is 12.7. The molecule has 2 N–H and O–H groups in total. The quantitative estimate of drug-likeness (QED) is 0.879. The van der Waals surface area contributed by atoms with Gasteiger partial charge in [0.2, 0.25) is 0 Å². The third-order valence-electron chi connectivity index (χ3n) is 3.41. The van der Waals surface area contributed by atoms with E-state index in [1.54, 1.807) is 0 Å². The van der Waals surface area contributed by atoms with Crippen molar-refractivity contribution in [1.29, 1.82) is 0 Å². The zero-order valence-electron chi connectivity index (χ0n) is 11.8. The van der Waals surface area contributed by atoms with Gasteiger partial charge in [0.05, 0.1) is 11.7 Å². The molecule has 1 aromatic heterocycles. The summed E-state index contributed by atoms with van der Waals surface area (Å²) in [6.45, 7) is 10.5. The van der Waals surface area contributed by atoms with Crippen LogP contribution in [0.25, 0.3) is 0 Å². The third kappa shape index (κ3) is 2.13. The van der Waals surface area contributed by atoms with Gasteiger partial charge in [-0.25, -0.2) is 4.68 Å². The summed E-state index contributed by atoms with van der Waals surface area (Å²) in [6, 6.07) is 6.51. The molecule has 1 aromatic carbocycles. The van der Waals surface area contributed by atoms with Crippen LogP contribution in [0, 0.1) is 27.7 Å². The first-order valence-electron chi connectivity index (χ1n) is 6.29. The van der Waals surface area contributed by atoms with E-state index in [2.05, 4.69) is 44.9 Å². The number of hydrogen-bond acceptors (Lipinski definition) is 2. The molecule has 0 amide bonds. The van der Waals surface area contributed by atoms with Crippen LogP contribution in [-0.2, 0) is 0 Å². The summed E-state index contributed by atoms with van der Waals surface area (Å²) in [5.74, 6) is 0.722. The molecule has 18 heavy (non-hydrogen) atoms. The highest BCUT2D eigenvalue weighted by Gasteiger charge is 2.16. The molecule has 1 atom stereocenters. The van der Waals surface area contributed by atoms with Gasteiger partial charge in [-0.3, -0.25) is 0 Å². The Hall–Kier alpha value is -1.77. The zero-order chi connectivity index (χ0) is 13.4. The lowest BCUT2D eigenvalue weighted by molar-refractivity contribution is 0.564. The third-order valence-corrected chi connectivity index (χ3v) is 3.41. The van der Waals surface area contributed by atoms with Crippen molar-refractivity contribution in [2.75, 3.05) is 5.73 Å². The summed E-state index contributed by atoms with van der Waals surface area (Å²) in [6.07, 6.45) is 0. The molecular weight excluding hydrogens is 222 g/mol. The highest BCUT2D eigenvalue weighted by atomic mass is 15.3. The topological polar surface area (TPSA) is 43.8 Å². The summed E-state index contributed by atoms with van der Waals surface area (Å²) in [5.41, 5.74) is 12.2. The van der Waals surface area contributed by atoms with Crippen LogP contribution in [0.1, 0.15) is 40.9 Å². The molecule has 0 radical (unpaired) electrons. The molecule has 2 rings (SSSR count). The van der Waals surface area contributed by atoms with Gasteiger partial charge in [0.1, 0.15) is 5.82 Å². The molecule has 0 aliphatic carbocycles. The fraction of sp³-hybridized carbons (Fsp3) is 0.400. The van der Waals surface area contributed by atoms with Gasteiger partial charge >= 0.3 is 0 Å². The highest BCUT2D eigenvalue weighted by Crippen LogP contribution is 2.27. The van der Waals surface area contributed by atoms with Crippen LogP contribution >= 0.6 is 0 Å². The predicted octanol–water partition coefficient (Wildman–Crippen LogP) is 3.31. The van der Waals surface area contributed by atoms with E-state index >= 15 is 0 Å². The van der Waals surface area contributed by atoms with Crippen molar-refractivity contribution in [3.05, 3.63) is 46.1 Å². The maximum atomic E-state index is 6.01. The van der Waals surface area contributed by atoms with Crippen molar-refractivity contribution in [1.82, 2.24) is 9.78 Å². The molecule has 3 nitrogen and oxygen atoms in total. The number of nitrogens with two attached hydrogens (primary N) is 1. The van der Waals surface area contributed by atoms with E-state index in [-0.39, 0.29) is 6.04 Å². The van der Waals surface area contributed by atoms with Crippen molar-refractivity contribution in [2.24, 2.45) is 0 Å². The smallest absolute Gasteiger partial charge is 0.122 e. The normalized spacial score (nSPS) is 12.7. The molecule has 1 unspecified atom stereocenters. The van der Waals surface area contributed by atoms with Crippen LogP contribution in [0.2, 0.25) is 0 Å². The van der Waals surface area contributed by atoms with Crippen LogP contribution < -0.4 is 5.73 Å². The molecule has 0 spiro atoms. The average molecular weight is 243 g/mol. The summed E-state index contributed by atoms with van der Waals surface area (Å²) in [4.78, 5) is 0.